The molecule has 0 amide bonds. The first-order valence-corrected chi connectivity index (χ1v) is 22.6. The van der Waals surface area contributed by atoms with Crippen LogP contribution in [0.5, 0.6) is 0 Å². The minimum absolute atomic E-state index is 0. The van der Waals surface area contributed by atoms with Crippen molar-refractivity contribution in [3.05, 3.63) is 0 Å². The summed E-state index contributed by atoms with van der Waals surface area (Å²) in [5, 5.41) is 0. The molecule has 0 N–H and O–H groups in total. The highest BCUT2D eigenvalue weighted by molar-refractivity contribution is 7.75. The van der Waals surface area contributed by atoms with E-state index >= 15 is 0 Å². The van der Waals surface area contributed by atoms with Gasteiger partial charge in [-0.1, -0.05) is 195 Å². The van der Waals surface area contributed by atoms with Gasteiger partial charge in [0.25, 0.3) is 0 Å². The quantitative estimate of drug-likeness (QED) is 0.0343. The van der Waals surface area contributed by atoms with Gasteiger partial charge in [-0.25, -0.2) is 0 Å². The summed E-state index contributed by atoms with van der Waals surface area (Å²) < 4.78 is 0. The number of hydrogen-bond acceptors (Lipinski definition) is 0. The van der Waals surface area contributed by atoms with Gasteiger partial charge in [0, 0.05) is 7.26 Å². The summed E-state index contributed by atoms with van der Waals surface area (Å²) in [6.45, 7) is 9.48. The Balaban J connectivity index is 0. The highest BCUT2D eigenvalue weighted by Gasteiger charge is 2.34. The molecule has 0 aromatic heterocycles. The van der Waals surface area contributed by atoms with Crippen molar-refractivity contribution in [2.45, 2.75) is 233 Å². The molecule has 0 saturated heterocycles. The van der Waals surface area contributed by atoms with Gasteiger partial charge >= 0.3 is 0 Å². The molecule has 0 aliphatic carbocycles. The monoisotopic (exact) mass is 723 g/mol. The second-order valence-electron chi connectivity index (χ2n) is 14.1. The molecule has 2 heteroatoms. The van der Waals surface area contributed by atoms with Crippen molar-refractivity contribution in [2.75, 3.05) is 24.6 Å². The molecular formula is C40H84IP. The summed E-state index contributed by atoms with van der Waals surface area (Å²) in [5.74, 6) is 0. The van der Waals surface area contributed by atoms with E-state index in [4.69, 9.17) is 0 Å². The van der Waals surface area contributed by atoms with Crippen LogP contribution in [0.3, 0.4) is 0 Å². The number of rotatable bonds is 36. The van der Waals surface area contributed by atoms with E-state index in [0.29, 0.717) is 0 Å². The van der Waals surface area contributed by atoms with Gasteiger partial charge in [0.05, 0.1) is 24.6 Å². The van der Waals surface area contributed by atoms with E-state index in [0.717, 1.165) is 0 Å². The molecule has 42 heavy (non-hydrogen) atoms. The van der Waals surface area contributed by atoms with Crippen LogP contribution in [0.15, 0.2) is 0 Å². The molecule has 0 heterocycles. The molecule has 0 radical (unpaired) electrons. The van der Waals surface area contributed by atoms with Crippen LogP contribution in [0, 0.1) is 0 Å². The Morgan fingerprint density at radius 3 is 0.595 bits per heavy atom. The average Bonchev–Trinajstić information content (AvgIpc) is 2.99. The topological polar surface area (TPSA) is 0 Å². The van der Waals surface area contributed by atoms with E-state index in [1.165, 1.54) is 193 Å². The van der Waals surface area contributed by atoms with Crippen LogP contribution >= 0.6 is 7.26 Å². The standard InChI is InChI=1S/C40H84P.HI/c1-5-9-13-15-17-19-21-23-25-27-29-31-33-35-39-41(37-11-7-3,38-12-8-4)40-36-34-32-30-28-26-24-22-20-18-16-14-10-6-2;/h5-40H2,1-4H3;1H/q+1;/p-1. The van der Waals surface area contributed by atoms with Crippen LogP contribution in [-0.4, -0.2) is 24.6 Å². The first-order valence-electron chi connectivity index (χ1n) is 20.1. The fraction of sp³-hybridized carbons (Fsp3) is 1.00. The Morgan fingerprint density at radius 1 is 0.214 bits per heavy atom. The number of halogens is 1. The predicted molar refractivity (Wildman–Crippen MR) is 197 cm³/mol. The predicted octanol–water partition coefficient (Wildman–Crippen LogP) is 12.6. The van der Waals surface area contributed by atoms with Crippen LogP contribution in [0.25, 0.3) is 0 Å². The maximum atomic E-state index is 2.42. The van der Waals surface area contributed by atoms with Crippen molar-refractivity contribution in [3.63, 3.8) is 0 Å². The van der Waals surface area contributed by atoms with Gasteiger partial charge in [0.2, 0.25) is 0 Å². The minimum atomic E-state index is -0.698. The minimum Gasteiger partial charge on any atom is -1.00 e. The highest BCUT2D eigenvalue weighted by atomic mass is 127. The third-order valence-corrected chi connectivity index (χ3v) is 15.0. The molecule has 0 bridgehead atoms. The molecular weight excluding hydrogens is 638 g/mol. The Kier molecular flexibility index (Phi) is 41.3. The molecule has 0 aromatic carbocycles. The van der Waals surface area contributed by atoms with Crippen LogP contribution < -0.4 is 24.0 Å². The number of unbranched alkanes of at least 4 members (excludes halogenated alkanes) is 28. The summed E-state index contributed by atoms with van der Waals surface area (Å²) in [6.07, 6.45) is 54.0. The second-order valence-corrected chi connectivity index (χ2v) is 18.6. The SMILES string of the molecule is CCCCCCCCCCCCCCCC[P+](CCCC)(CCCC)CCCCCCCCCCCCCCCC.[I-]. The van der Waals surface area contributed by atoms with E-state index in [1.807, 2.05) is 0 Å². The Bertz CT molecular complexity index is 423. The molecule has 0 saturated carbocycles. The van der Waals surface area contributed by atoms with Gasteiger partial charge in [0.1, 0.15) is 0 Å². The Morgan fingerprint density at radius 2 is 0.381 bits per heavy atom. The smallest absolute Gasteiger partial charge is 0.0594 e. The number of hydrogen-bond donors (Lipinski definition) is 0. The molecule has 0 aromatic rings. The maximum absolute atomic E-state index is 2.42. The van der Waals surface area contributed by atoms with Crippen LogP contribution in [-0.2, 0) is 0 Å². The highest BCUT2D eigenvalue weighted by Crippen LogP contribution is 2.61. The van der Waals surface area contributed by atoms with Crippen molar-refractivity contribution in [1.29, 1.82) is 0 Å². The zero-order chi connectivity index (χ0) is 30.0. The van der Waals surface area contributed by atoms with Crippen molar-refractivity contribution in [2.24, 2.45) is 0 Å². The van der Waals surface area contributed by atoms with Gasteiger partial charge in [-0.2, -0.15) is 0 Å². The summed E-state index contributed by atoms with van der Waals surface area (Å²) in [7, 11) is -0.698. The lowest BCUT2D eigenvalue weighted by Gasteiger charge is -2.28. The maximum Gasteiger partial charge on any atom is 0.0594 e. The van der Waals surface area contributed by atoms with Gasteiger partial charge in [-0.15, -0.1) is 0 Å². The van der Waals surface area contributed by atoms with Crippen molar-refractivity contribution >= 4 is 7.26 Å². The molecule has 0 atom stereocenters. The molecule has 0 rings (SSSR count). The summed E-state index contributed by atoms with van der Waals surface area (Å²) in [4.78, 5) is 0. The third kappa shape index (κ3) is 32.6. The first kappa shape index (κ1) is 45.3. The summed E-state index contributed by atoms with van der Waals surface area (Å²) in [6, 6.07) is 0. The molecule has 0 nitrogen and oxygen atoms in total. The zero-order valence-electron chi connectivity index (χ0n) is 30.3. The van der Waals surface area contributed by atoms with Crippen LogP contribution in [0.4, 0.5) is 0 Å². The summed E-state index contributed by atoms with van der Waals surface area (Å²) in [5.41, 5.74) is 0. The van der Waals surface area contributed by atoms with E-state index in [2.05, 4.69) is 27.7 Å². The largest absolute Gasteiger partial charge is 1.00 e. The van der Waals surface area contributed by atoms with Gasteiger partial charge in [-0.05, 0) is 38.5 Å². The van der Waals surface area contributed by atoms with E-state index in [-0.39, 0.29) is 24.0 Å². The lowest BCUT2D eigenvalue weighted by Crippen LogP contribution is -3.00. The Hall–Kier alpha value is 1.16. The normalized spacial score (nSPS) is 11.7. The lowest BCUT2D eigenvalue weighted by atomic mass is 10.0. The van der Waals surface area contributed by atoms with Crippen LogP contribution in [0.1, 0.15) is 233 Å². The molecule has 256 valence electrons. The van der Waals surface area contributed by atoms with Gasteiger partial charge in [-0.3, -0.25) is 0 Å². The van der Waals surface area contributed by atoms with Crippen molar-refractivity contribution in [1.82, 2.24) is 0 Å². The lowest BCUT2D eigenvalue weighted by molar-refractivity contribution is -0.00000929. The summed E-state index contributed by atoms with van der Waals surface area (Å²) >= 11 is 0. The zero-order valence-corrected chi connectivity index (χ0v) is 33.3. The van der Waals surface area contributed by atoms with Crippen LogP contribution in [0.2, 0.25) is 0 Å². The van der Waals surface area contributed by atoms with Crippen molar-refractivity contribution < 1.29 is 24.0 Å². The van der Waals surface area contributed by atoms with Gasteiger partial charge in [0.15, 0.2) is 0 Å². The molecule has 0 fully saturated rings. The fourth-order valence-corrected chi connectivity index (χ4v) is 12.0. The van der Waals surface area contributed by atoms with E-state index in [1.54, 1.807) is 37.5 Å². The molecule has 0 spiro atoms. The second kappa shape index (κ2) is 38.3. The third-order valence-electron chi connectivity index (χ3n) is 9.94. The fourth-order valence-electron chi connectivity index (χ4n) is 6.94. The molecule has 0 aliphatic heterocycles. The molecule has 0 unspecified atom stereocenters. The molecule has 0 aliphatic rings. The van der Waals surface area contributed by atoms with E-state index < -0.39 is 7.26 Å². The van der Waals surface area contributed by atoms with Gasteiger partial charge < -0.3 is 24.0 Å². The first-order chi connectivity index (χ1) is 20.2. The van der Waals surface area contributed by atoms with E-state index in [9.17, 15) is 0 Å². The van der Waals surface area contributed by atoms with Crippen molar-refractivity contribution in [3.8, 4) is 0 Å². The Labute approximate surface area is 287 Å². The average molecular weight is 723 g/mol.